The Morgan fingerprint density at radius 3 is 2.25 bits per heavy atom. The molecule has 0 radical (unpaired) electrons. The number of aromatic carboxylic acids is 1. The first-order valence-electron chi connectivity index (χ1n) is 6.88. The Bertz CT molecular complexity index is 496. The number of carboxylic acid groups (broad SMARTS) is 1. The van der Waals surface area contributed by atoms with Gasteiger partial charge in [-0.3, -0.25) is 0 Å². The number of benzene rings is 1. The standard InChI is InChI=1S/C16H18O4/c17-15(18)13-6-8-14(9-7-13)16(19)20-11-10-12-4-2-1-3-5-12/h6-12H,1-5H2,(H,17,18). The van der Waals surface area contributed by atoms with Crippen molar-refractivity contribution in [2.45, 2.75) is 32.1 Å². The smallest absolute Gasteiger partial charge is 0.342 e. The fourth-order valence-electron chi connectivity index (χ4n) is 2.36. The summed E-state index contributed by atoms with van der Waals surface area (Å²) < 4.78 is 5.06. The van der Waals surface area contributed by atoms with E-state index < -0.39 is 11.9 Å². The second kappa shape index (κ2) is 6.89. The SMILES string of the molecule is O=C(O)c1ccc(C(=O)OC=CC2CCCCC2)cc1. The third-order valence-corrected chi connectivity index (χ3v) is 3.54. The van der Waals surface area contributed by atoms with E-state index in [0.717, 1.165) is 12.8 Å². The van der Waals surface area contributed by atoms with E-state index in [0.29, 0.717) is 11.5 Å². The summed E-state index contributed by atoms with van der Waals surface area (Å²) in [5.74, 6) is -0.970. The first-order valence-corrected chi connectivity index (χ1v) is 6.88. The highest BCUT2D eigenvalue weighted by Crippen LogP contribution is 2.24. The molecule has 106 valence electrons. The second-order valence-electron chi connectivity index (χ2n) is 5.01. The molecule has 0 aliphatic heterocycles. The topological polar surface area (TPSA) is 63.6 Å². The van der Waals surface area contributed by atoms with Crippen molar-refractivity contribution in [2.24, 2.45) is 5.92 Å². The van der Waals surface area contributed by atoms with Gasteiger partial charge in [-0.1, -0.05) is 19.3 Å². The average molecular weight is 274 g/mol. The molecule has 0 aromatic heterocycles. The summed E-state index contributed by atoms with van der Waals surface area (Å²) in [5.41, 5.74) is 0.502. The highest BCUT2D eigenvalue weighted by atomic mass is 16.5. The van der Waals surface area contributed by atoms with Crippen LogP contribution in [0.25, 0.3) is 0 Å². The van der Waals surface area contributed by atoms with Gasteiger partial charge in [0, 0.05) is 0 Å². The molecule has 4 nitrogen and oxygen atoms in total. The van der Waals surface area contributed by atoms with Crippen molar-refractivity contribution >= 4 is 11.9 Å². The van der Waals surface area contributed by atoms with Gasteiger partial charge in [-0.25, -0.2) is 9.59 Å². The van der Waals surface area contributed by atoms with Crippen LogP contribution in [0.2, 0.25) is 0 Å². The summed E-state index contributed by atoms with van der Waals surface area (Å²) in [6, 6.07) is 5.70. The number of rotatable bonds is 4. The minimum Gasteiger partial charge on any atom is -0.478 e. The molecule has 1 aliphatic rings. The molecular weight excluding hydrogens is 256 g/mol. The molecule has 20 heavy (non-hydrogen) atoms. The molecule has 4 heteroatoms. The summed E-state index contributed by atoms with van der Waals surface area (Å²) in [6.07, 6.45) is 9.48. The lowest BCUT2D eigenvalue weighted by Crippen LogP contribution is -2.05. The van der Waals surface area contributed by atoms with Gasteiger partial charge >= 0.3 is 11.9 Å². The van der Waals surface area contributed by atoms with Gasteiger partial charge in [0.1, 0.15) is 0 Å². The molecular formula is C16H18O4. The lowest BCUT2D eigenvalue weighted by Gasteiger charge is -2.17. The Balaban J connectivity index is 1.87. The first-order chi connectivity index (χ1) is 9.66. The van der Waals surface area contributed by atoms with E-state index in [9.17, 15) is 9.59 Å². The highest BCUT2D eigenvalue weighted by molar-refractivity contribution is 5.92. The van der Waals surface area contributed by atoms with E-state index in [1.165, 1.54) is 49.8 Å². The second-order valence-corrected chi connectivity index (χ2v) is 5.01. The third kappa shape index (κ3) is 3.95. The Kier molecular flexibility index (Phi) is 4.93. The van der Waals surface area contributed by atoms with Gasteiger partial charge in [-0.15, -0.1) is 0 Å². The van der Waals surface area contributed by atoms with Crippen LogP contribution in [-0.2, 0) is 4.74 Å². The van der Waals surface area contributed by atoms with E-state index in [-0.39, 0.29) is 5.56 Å². The van der Waals surface area contributed by atoms with Crippen molar-refractivity contribution < 1.29 is 19.4 Å². The minimum absolute atomic E-state index is 0.152. The zero-order valence-corrected chi connectivity index (χ0v) is 11.2. The molecule has 0 bridgehead atoms. The summed E-state index contributed by atoms with van der Waals surface area (Å²) in [7, 11) is 0. The van der Waals surface area contributed by atoms with Crippen LogP contribution in [0.1, 0.15) is 52.8 Å². The lowest BCUT2D eigenvalue weighted by molar-refractivity contribution is 0.0655. The predicted octanol–water partition coefficient (Wildman–Crippen LogP) is 3.64. The minimum atomic E-state index is -1.01. The molecule has 1 aromatic rings. The van der Waals surface area contributed by atoms with Crippen molar-refractivity contribution in [1.29, 1.82) is 0 Å². The largest absolute Gasteiger partial charge is 0.478 e. The van der Waals surface area contributed by atoms with Gasteiger partial charge in [-0.2, -0.15) is 0 Å². The predicted molar refractivity (Wildman–Crippen MR) is 74.5 cm³/mol. The van der Waals surface area contributed by atoms with Crippen LogP contribution < -0.4 is 0 Å². The van der Waals surface area contributed by atoms with Crippen LogP contribution >= 0.6 is 0 Å². The zero-order valence-electron chi connectivity index (χ0n) is 11.2. The van der Waals surface area contributed by atoms with Crippen molar-refractivity contribution in [3.63, 3.8) is 0 Å². The number of esters is 1. The van der Waals surface area contributed by atoms with Crippen LogP contribution in [0.15, 0.2) is 36.6 Å². The summed E-state index contributed by atoms with van der Waals surface area (Å²) in [5, 5.41) is 8.77. The molecule has 0 unspecified atom stereocenters. The molecule has 2 rings (SSSR count). The zero-order chi connectivity index (χ0) is 14.4. The molecule has 1 aromatic carbocycles. The number of carboxylic acids is 1. The normalized spacial score (nSPS) is 16.2. The maximum atomic E-state index is 11.7. The number of ether oxygens (including phenoxy) is 1. The molecule has 0 amide bonds. The van der Waals surface area contributed by atoms with E-state index in [4.69, 9.17) is 9.84 Å². The lowest BCUT2D eigenvalue weighted by atomic mass is 9.89. The fourth-order valence-corrected chi connectivity index (χ4v) is 2.36. The average Bonchev–Trinajstić information content (AvgIpc) is 2.48. The Hall–Kier alpha value is -2.10. The van der Waals surface area contributed by atoms with Crippen LogP contribution in [-0.4, -0.2) is 17.0 Å². The van der Waals surface area contributed by atoms with Crippen LogP contribution in [0, 0.1) is 5.92 Å². The molecule has 1 saturated carbocycles. The summed E-state index contributed by atoms with van der Waals surface area (Å²) in [6.45, 7) is 0. The third-order valence-electron chi connectivity index (χ3n) is 3.54. The van der Waals surface area contributed by atoms with Gasteiger partial charge in [-0.05, 0) is 49.1 Å². The van der Waals surface area contributed by atoms with Crippen molar-refractivity contribution in [3.05, 3.63) is 47.7 Å². The van der Waals surface area contributed by atoms with Crippen molar-refractivity contribution in [3.8, 4) is 0 Å². The van der Waals surface area contributed by atoms with Gasteiger partial charge in [0.25, 0.3) is 0 Å². The maximum Gasteiger partial charge on any atom is 0.342 e. The highest BCUT2D eigenvalue weighted by Gasteiger charge is 2.11. The first kappa shape index (κ1) is 14.3. The molecule has 1 fully saturated rings. The maximum absolute atomic E-state index is 11.7. The Morgan fingerprint density at radius 2 is 1.65 bits per heavy atom. The molecule has 1 aliphatic carbocycles. The van der Waals surface area contributed by atoms with Crippen molar-refractivity contribution in [2.75, 3.05) is 0 Å². The molecule has 0 atom stereocenters. The van der Waals surface area contributed by atoms with E-state index in [1.54, 1.807) is 0 Å². The van der Waals surface area contributed by atoms with E-state index >= 15 is 0 Å². The summed E-state index contributed by atoms with van der Waals surface area (Å²) >= 11 is 0. The Morgan fingerprint density at radius 1 is 1.05 bits per heavy atom. The number of carbonyl (C=O) groups excluding carboxylic acids is 1. The quantitative estimate of drug-likeness (QED) is 0.672. The number of allylic oxidation sites excluding steroid dienone is 1. The number of hydrogen-bond acceptors (Lipinski definition) is 3. The monoisotopic (exact) mass is 274 g/mol. The van der Waals surface area contributed by atoms with Crippen LogP contribution in [0.3, 0.4) is 0 Å². The van der Waals surface area contributed by atoms with Crippen molar-refractivity contribution in [1.82, 2.24) is 0 Å². The molecule has 0 heterocycles. The van der Waals surface area contributed by atoms with Gasteiger partial charge < -0.3 is 9.84 Å². The Labute approximate surface area is 118 Å². The molecule has 0 saturated heterocycles. The van der Waals surface area contributed by atoms with Gasteiger partial charge in [0.15, 0.2) is 0 Å². The number of carbonyl (C=O) groups is 2. The molecule has 0 spiro atoms. The fraction of sp³-hybridized carbons (Fsp3) is 0.375. The van der Waals surface area contributed by atoms with Crippen LogP contribution in [0.4, 0.5) is 0 Å². The summed E-state index contributed by atoms with van der Waals surface area (Å²) in [4.78, 5) is 22.4. The van der Waals surface area contributed by atoms with Gasteiger partial charge in [0.2, 0.25) is 0 Å². The van der Waals surface area contributed by atoms with E-state index in [1.807, 2.05) is 6.08 Å². The van der Waals surface area contributed by atoms with Crippen LogP contribution in [0.5, 0.6) is 0 Å². The van der Waals surface area contributed by atoms with E-state index in [2.05, 4.69) is 0 Å². The number of hydrogen-bond donors (Lipinski definition) is 1. The van der Waals surface area contributed by atoms with Gasteiger partial charge in [0.05, 0.1) is 17.4 Å². The molecule has 1 N–H and O–H groups in total.